The number of H-pyrrole nitrogens is 1. The van der Waals surface area contributed by atoms with Crippen LogP contribution in [0.1, 0.15) is 37.7 Å². The molecule has 3 aromatic carbocycles. The highest BCUT2D eigenvalue weighted by Gasteiger charge is 2.33. The van der Waals surface area contributed by atoms with E-state index in [1.54, 1.807) is 49.9 Å². The lowest BCUT2D eigenvalue weighted by atomic mass is 10.1. The van der Waals surface area contributed by atoms with Crippen molar-refractivity contribution in [2.75, 3.05) is 11.5 Å². The molecule has 0 saturated heterocycles. The Kier molecular flexibility index (Phi) is 8.32. The lowest BCUT2D eigenvalue weighted by Crippen LogP contribution is -2.20. The third kappa shape index (κ3) is 6.36. The van der Waals surface area contributed by atoms with Crippen molar-refractivity contribution in [3.63, 3.8) is 0 Å². The van der Waals surface area contributed by atoms with E-state index in [1.807, 2.05) is 0 Å². The number of nitrogens with zero attached hydrogens (tertiary/aromatic N) is 2. The topological polar surface area (TPSA) is 100 Å². The number of ether oxygens (including phenoxy) is 2. The average Bonchev–Trinajstić information content (AvgIpc) is 3.37. The van der Waals surface area contributed by atoms with Gasteiger partial charge in [0.2, 0.25) is 0 Å². The number of aromatic amines is 1. The summed E-state index contributed by atoms with van der Waals surface area (Å²) in [5.41, 5.74) is 6.01. The van der Waals surface area contributed by atoms with Gasteiger partial charge in [-0.25, -0.2) is 9.37 Å². The Labute approximate surface area is 229 Å². The lowest BCUT2D eigenvalue weighted by Gasteiger charge is -2.26. The van der Waals surface area contributed by atoms with Gasteiger partial charge in [0.25, 0.3) is 0 Å². The zero-order valence-corrected chi connectivity index (χ0v) is 22.1. The largest absolute Gasteiger partial charge is 0.494 e. The van der Waals surface area contributed by atoms with Crippen molar-refractivity contribution in [2.24, 2.45) is 5.73 Å². The predicted molar refractivity (Wildman–Crippen MR) is 146 cm³/mol. The molecule has 0 atom stereocenters. The second-order valence-corrected chi connectivity index (χ2v) is 9.19. The van der Waals surface area contributed by atoms with Gasteiger partial charge in [-0.3, -0.25) is 5.41 Å². The Hall–Kier alpha value is -4.54. The van der Waals surface area contributed by atoms with Gasteiger partial charge in [0, 0.05) is 28.9 Å². The van der Waals surface area contributed by atoms with Crippen molar-refractivity contribution in [1.29, 1.82) is 5.41 Å². The molecule has 210 valence electrons. The molecule has 1 heterocycles. The molecule has 0 aliphatic rings. The van der Waals surface area contributed by atoms with Crippen molar-refractivity contribution in [2.45, 2.75) is 39.6 Å². The van der Waals surface area contributed by atoms with Crippen LogP contribution in [0.15, 0.2) is 66.9 Å². The number of amidine groups is 1. The molecule has 11 heteroatoms. The molecule has 0 spiro atoms. The number of imidazole rings is 1. The summed E-state index contributed by atoms with van der Waals surface area (Å²) in [5, 5.41) is 7.68. The molecule has 4 N–H and O–H groups in total. The quantitative estimate of drug-likeness (QED) is 0.111. The number of alkyl halides is 3. The summed E-state index contributed by atoms with van der Waals surface area (Å²) >= 11 is 0. The molecule has 7 nitrogen and oxygen atoms in total. The summed E-state index contributed by atoms with van der Waals surface area (Å²) in [6.45, 7) is 5.63. The van der Waals surface area contributed by atoms with Gasteiger partial charge < -0.3 is 25.1 Å². The van der Waals surface area contributed by atoms with E-state index in [0.717, 1.165) is 6.07 Å². The Morgan fingerprint density at radius 3 is 2.42 bits per heavy atom. The second kappa shape index (κ2) is 11.7. The molecule has 40 heavy (non-hydrogen) atoms. The minimum Gasteiger partial charge on any atom is -0.494 e. The van der Waals surface area contributed by atoms with Crippen LogP contribution < -0.4 is 20.1 Å². The minimum atomic E-state index is -4.55. The predicted octanol–water partition coefficient (Wildman–Crippen LogP) is 7.04. The van der Waals surface area contributed by atoms with Crippen LogP contribution in [0.5, 0.6) is 11.5 Å². The van der Waals surface area contributed by atoms with E-state index in [-0.39, 0.29) is 47.0 Å². The number of rotatable bonds is 10. The van der Waals surface area contributed by atoms with Gasteiger partial charge in [0.05, 0.1) is 42.4 Å². The maximum Gasteiger partial charge on any atom is 0.417 e. The SMILES string of the molecule is CCOc1cc(OC(C)C)c(F)c(N(Cc2ncc(-c3ccccc3C(F)(F)F)[nH]2)c2ccc(C(=N)N)cc2)c1. The van der Waals surface area contributed by atoms with E-state index in [2.05, 4.69) is 9.97 Å². The fourth-order valence-electron chi connectivity index (χ4n) is 4.18. The van der Waals surface area contributed by atoms with Crippen LogP contribution >= 0.6 is 0 Å². The zero-order chi connectivity index (χ0) is 29.0. The molecular formula is C29H29F4N5O2. The van der Waals surface area contributed by atoms with Crippen LogP contribution in [0.2, 0.25) is 0 Å². The summed E-state index contributed by atoms with van der Waals surface area (Å²) in [7, 11) is 0. The molecule has 1 aromatic heterocycles. The number of nitrogens with two attached hydrogens (primary N) is 1. The molecule has 0 fully saturated rings. The first-order chi connectivity index (χ1) is 19.0. The first kappa shape index (κ1) is 28.5. The molecule has 0 radical (unpaired) electrons. The average molecular weight is 556 g/mol. The van der Waals surface area contributed by atoms with E-state index in [9.17, 15) is 13.2 Å². The molecule has 0 amide bonds. The smallest absolute Gasteiger partial charge is 0.417 e. The minimum absolute atomic E-state index is 0.0134. The van der Waals surface area contributed by atoms with E-state index in [4.69, 9.17) is 20.6 Å². The first-order valence-corrected chi connectivity index (χ1v) is 12.5. The fourth-order valence-corrected chi connectivity index (χ4v) is 4.18. The number of aromatic nitrogens is 2. The summed E-state index contributed by atoms with van der Waals surface area (Å²) in [6.07, 6.45) is -3.55. The Morgan fingerprint density at radius 2 is 1.80 bits per heavy atom. The van der Waals surface area contributed by atoms with E-state index in [1.165, 1.54) is 36.5 Å². The number of hydrogen-bond acceptors (Lipinski definition) is 5. The summed E-state index contributed by atoms with van der Waals surface area (Å²) in [5.74, 6) is -0.133. The van der Waals surface area contributed by atoms with Crippen LogP contribution in [0.25, 0.3) is 11.3 Å². The molecule has 0 aliphatic heterocycles. The Bertz CT molecular complexity index is 1480. The van der Waals surface area contributed by atoms with Crippen molar-refractivity contribution < 1.29 is 27.0 Å². The van der Waals surface area contributed by atoms with Gasteiger partial charge in [-0.1, -0.05) is 18.2 Å². The van der Waals surface area contributed by atoms with E-state index in [0.29, 0.717) is 23.6 Å². The monoisotopic (exact) mass is 555 g/mol. The van der Waals surface area contributed by atoms with Gasteiger partial charge in [-0.05, 0) is 51.1 Å². The third-order valence-electron chi connectivity index (χ3n) is 5.91. The van der Waals surface area contributed by atoms with Gasteiger partial charge in [0.1, 0.15) is 17.4 Å². The highest BCUT2D eigenvalue weighted by atomic mass is 19.4. The number of hydrogen-bond donors (Lipinski definition) is 3. The second-order valence-electron chi connectivity index (χ2n) is 9.19. The van der Waals surface area contributed by atoms with E-state index < -0.39 is 17.6 Å². The number of benzene rings is 3. The molecular weight excluding hydrogens is 526 g/mol. The van der Waals surface area contributed by atoms with Crippen LogP contribution in [0.4, 0.5) is 28.9 Å². The Balaban J connectivity index is 1.81. The summed E-state index contributed by atoms with van der Waals surface area (Å²) in [6, 6.07) is 14.8. The summed E-state index contributed by atoms with van der Waals surface area (Å²) < 4.78 is 68.2. The van der Waals surface area contributed by atoms with Crippen LogP contribution in [-0.4, -0.2) is 28.5 Å². The number of nitrogens with one attached hydrogen (secondary N) is 2. The fraction of sp³-hybridized carbons (Fsp3) is 0.241. The molecule has 4 rings (SSSR count). The zero-order valence-electron chi connectivity index (χ0n) is 22.1. The van der Waals surface area contributed by atoms with Gasteiger partial charge in [0.15, 0.2) is 11.6 Å². The maximum atomic E-state index is 15.9. The van der Waals surface area contributed by atoms with Crippen molar-refractivity contribution >= 4 is 17.2 Å². The molecule has 0 unspecified atom stereocenters. The van der Waals surface area contributed by atoms with Gasteiger partial charge in [-0.15, -0.1) is 0 Å². The molecule has 4 aromatic rings. The first-order valence-electron chi connectivity index (χ1n) is 12.5. The van der Waals surface area contributed by atoms with Gasteiger partial charge >= 0.3 is 6.18 Å². The molecule has 0 saturated carbocycles. The maximum absolute atomic E-state index is 15.9. The third-order valence-corrected chi connectivity index (χ3v) is 5.91. The van der Waals surface area contributed by atoms with Gasteiger partial charge in [-0.2, -0.15) is 13.2 Å². The van der Waals surface area contributed by atoms with Crippen LogP contribution in [0.3, 0.4) is 0 Å². The van der Waals surface area contributed by atoms with Crippen LogP contribution in [0, 0.1) is 11.2 Å². The highest BCUT2D eigenvalue weighted by Crippen LogP contribution is 2.39. The van der Waals surface area contributed by atoms with Crippen molar-refractivity contribution in [1.82, 2.24) is 9.97 Å². The number of anilines is 2. The van der Waals surface area contributed by atoms with Crippen LogP contribution in [-0.2, 0) is 12.7 Å². The number of nitrogen functional groups attached to an aromatic ring is 1. The summed E-state index contributed by atoms with van der Waals surface area (Å²) in [4.78, 5) is 8.85. The normalized spacial score (nSPS) is 11.5. The lowest BCUT2D eigenvalue weighted by molar-refractivity contribution is -0.137. The molecule has 0 aliphatic carbocycles. The molecule has 0 bridgehead atoms. The van der Waals surface area contributed by atoms with Crippen molar-refractivity contribution in [3.05, 3.63) is 89.6 Å². The Morgan fingerprint density at radius 1 is 1.10 bits per heavy atom. The van der Waals surface area contributed by atoms with Crippen molar-refractivity contribution in [3.8, 4) is 22.8 Å². The van der Waals surface area contributed by atoms with E-state index >= 15 is 4.39 Å². The standard InChI is InChI=1S/C29H29F4N5O2/c1-4-39-20-13-24(27(30)25(14-20)40-17(2)3)38(19-11-9-18(10-12-19)28(34)35)16-26-36-15-23(37-26)21-7-5-6-8-22(21)29(31,32)33/h5-15,17H,4,16H2,1-3H3,(H3,34,35)(H,36,37). The highest BCUT2D eigenvalue weighted by molar-refractivity contribution is 5.95. The number of halogens is 4.